The Morgan fingerprint density at radius 3 is 2.52 bits per heavy atom. The lowest BCUT2D eigenvalue weighted by Gasteiger charge is -2.17. The van der Waals surface area contributed by atoms with Crippen molar-refractivity contribution in [2.75, 3.05) is 0 Å². The zero-order chi connectivity index (χ0) is 15.1. The van der Waals surface area contributed by atoms with Crippen LogP contribution in [-0.2, 0) is 11.3 Å². The van der Waals surface area contributed by atoms with Gasteiger partial charge in [-0.25, -0.2) is 4.79 Å². The van der Waals surface area contributed by atoms with Gasteiger partial charge in [-0.15, -0.1) is 0 Å². The molecule has 110 valence electrons. The van der Waals surface area contributed by atoms with E-state index in [2.05, 4.69) is 10.6 Å². The van der Waals surface area contributed by atoms with Crippen molar-refractivity contribution in [3.8, 4) is 0 Å². The first-order chi connectivity index (χ1) is 10.1. The number of carboxylic acid groups (broad SMARTS) is 1. The van der Waals surface area contributed by atoms with Gasteiger partial charge < -0.3 is 20.2 Å². The van der Waals surface area contributed by atoms with Gasteiger partial charge in [0, 0.05) is 0 Å². The fourth-order valence-electron chi connectivity index (χ4n) is 1.90. The number of nitrogens with one attached hydrogen (secondary N) is 2. The number of carbonyl (C=O) groups is 2. The van der Waals surface area contributed by atoms with Crippen LogP contribution in [-0.4, -0.2) is 17.1 Å². The Kier molecular flexibility index (Phi) is 4.98. The largest absolute Gasteiger partial charge is 0.481 e. The number of aliphatic carboxylic acids is 1. The molecule has 1 aromatic heterocycles. The summed E-state index contributed by atoms with van der Waals surface area (Å²) in [5.74, 6) is -0.352. The quantitative estimate of drug-likeness (QED) is 0.760. The Balaban J connectivity index is 1.94. The number of carboxylic acids is 1. The van der Waals surface area contributed by atoms with Gasteiger partial charge in [-0.3, -0.25) is 4.79 Å². The SMILES string of the molecule is O=C(O)CC(NC(=O)NCc1ccco1)c1ccccc1. The molecule has 0 aliphatic heterocycles. The second-order valence-corrected chi connectivity index (χ2v) is 4.47. The van der Waals surface area contributed by atoms with Gasteiger partial charge >= 0.3 is 12.0 Å². The summed E-state index contributed by atoms with van der Waals surface area (Å²) in [7, 11) is 0. The number of furan rings is 1. The molecule has 21 heavy (non-hydrogen) atoms. The third kappa shape index (κ3) is 4.68. The van der Waals surface area contributed by atoms with Crippen LogP contribution in [0.15, 0.2) is 53.1 Å². The predicted octanol–water partition coefficient (Wildman–Crippen LogP) is 2.29. The molecule has 6 nitrogen and oxygen atoms in total. The van der Waals surface area contributed by atoms with Gasteiger partial charge in [0.05, 0.1) is 25.3 Å². The standard InChI is InChI=1S/C15H16N2O4/c18-14(19)9-13(11-5-2-1-3-6-11)17-15(20)16-10-12-7-4-8-21-12/h1-8,13H,9-10H2,(H,18,19)(H2,16,17,20). The fraction of sp³-hybridized carbons (Fsp3) is 0.200. The second-order valence-electron chi connectivity index (χ2n) is 4.47. The number of amides is 2. The molecule has 0 fully saturated rings. The van der Waals surface area contributed by atoms with Gasteiger partial charge in [-0.05, 0) is 17.7 Å². The van der Waals surface area contributed by atoms with Crippen LogP contribution in [0, 0.1) is 0 Å². The van der Waals surface area contributed by atoms with E-state index < -0.39 is 18.0 Å². The van der Waals surface area contributed by atoms with Crippen molar-refractivity contribution in [3.63, 3.8) is 0 Å². The highest BCUT2D eigenvalue weighted by Gasteiger charge is 2.17. The molecular weight excluding hydrogens is 272 g/mol. The monoisotopic (exact) mass is 288 g/mol. The summed E-state index contributed by atoms with van der Waals surface area (Å²) < 4.78 is 5.10. The van der Waals surface area contributed by atoms with E-state index in [0.717, 1.165) is 5.56 Å². The summed E-state index contributed by atoms with van der Waals surface area (Å²) in [5, 5.41) is 14.2. The molecule has 0 radical (unpaired) electrons. The average Bonchev–Trinajstić information content (AvgIpc) is 2.98. The van der Waals surface area contributed by atoms with E-state index in [4.69, 9.17) is 9.52 Å². The number of benzene rings is 1. The van der Waals surface area contributed by atoms with E-state index in [-0.39, 0.29) is 13.0 Å². The molecule has 1 unspecified atom stereocenters. The lowest BCUT2D eigenvalue weighted by molar-refractivity contribution is -0.137. The average molecular weight is 288 g/mol. The first-order valence-corrected chi connectivity index (χ1v) is 6.48. The maximum absolute atomic E-state index is 11.8. The predicted molar refractivity (Wildman–Crippen MR) is 75.5 cm³/mol. The molecule has 0 saturated heterocycles. The fourth-order valence-corrected chi connectivity index (χ4v) is 1.90. The van der Waals surface area contributed by atoms with E-state index in [1.165, 1.54) is 6.26 Å². The molecular formula is C15H16N2O4. The number of carbonyl (C=O) groups excluding carboxylic acids is 1. The molecule has 2 amide bonds. The summed E-state index contributed by atoms with van der Waals surface area (Å²) in [5.41, 5.74) is 0.744. The highest BCUT2D eigenvalue weighted by molar-refractivity contribution is 5.76. The van der Waals surface area contributed by atoms with Gasteiger partial charge in [0.25, 0.3) is 0 Å². The Labute approximate surface area is 121 Å². The molecule has 1 atom stereocenters. The first-order valence-electron chi connectivity index (χ1n) is 6.48. The van der Waals surface area contributed by atoms with Crippen LogP contribution in [0.5, 0.6) is 0 Å². The maximum Gasteiger partial charge on any atom is 0.315 e. The van der Waals surface area contributed by atoms with Crippen LogP contribution in [0.25, 0.3) is 0 Å². The van der Waals surface area contributed by atoms with Crippen LogP contribution in [0.4, 0.5) is 4.79 Å². The van der Waals surface area contributed by atoms with Crippen LogP contribution >= 0.6 is 0 Å². The van der Waals surface area contributed by atoms with Crippen LogP contribution in [0.2, 0.25) is 0 Å². The molecule has 0 saturated carbocycles. The second kappa shape index (κ2) is 7.14. The highest BCUT2D eigenvalue weighted by atomic mass is 16.4. The Bertz CT molecular complexity index is 581. The van der Waals surface area contributed by atoms with Gasteiger partial charge in [-0.2, -0.15) is 0 Å². The van der Waals surface area contributed by atoms with Gasteiger partial charge in [0.2, 0.25) is 0 Å². The minimum absolute atomic E-state index is 0.182. The Hall–Kier alpha value is -2.76. The summed E-state index contributed by atoms with van der Waals surface area (Å²) >= 11 is 0. The summed E-state index contributed by atoms with van der Waals surface area (Å²) in [4.78, 5) is 22.8. The third-order valence-corrected chi connectivity index (χ3v) is 2.89. The van der Waals surface area contributed by atoms with Crippen molar-refractivity contribution in [2.24, 2.45) is 0 Å². The van der Waals surface area contributed by atoms with Crippen molar-refractivity contribution < 1.29 is 19.1 Å². The normalized spacial score (nSPS) is 11.6. The zero-order valence-electron chi connectivity index (χ0n) is 11.3. The maximum atomic E-state index is 11.8. The molecule has 2 rings (SSSR count). The topological polar surface area (TPSA) is 91.6 Å². The number of hydrogen-bond acceptors (Lipinski definition) is 3. The zero-order valence-corrected chi connectivity index (χ0v) is 11.3. The lowest BCUT2D eigenvalue weighted by Crippen LogP contribution is -2.38. The van der Waals surface area contributed by atoms with E-state index in [1.807, 2.05) is 6.07 Å². The van der Waals surface area contributed by atoms with Crippen molar-refractivity contribution in [1.82, 2.24) is 10.6 Å². The van der Waals surface area contributed by atoms with Gasteiger partial charge in [-0.1, -0.05) is 30.3 Å². The van der Waals surface area contributed by atoms with E-state index in [1.54, 1.807) is 36.4 Å². The van der Waals surface area contributed by atoms with E-state index in [0.29, 0.717) is 5.76 Å². The molecule has 2 aromatic rings. The van der Waals surface area contributed by atoms with Crippen molar-refractivity contribution in [3.05, 3.63) is 60.1 Å². The number of rotatable bonds is 6. The number of hydrogen-bond donors (Lipinski definition) is 3. The Morgan fingerprint density at radius 2 is 1.90 bits per heavy atom. The molecule has 1 aromatic carbocycles. The first kappa shape index (κ1) is 14.6. The van der Waals surface area contributed by atoms with Crippen LogP contribution in [0.3, 0.4) is 0 Å². The number of urea groups is 1. The minimum Gasteiger partial charge on any atom is -0.481 e. The molecule has 0 bridgehead atoms. The van der Waals surface area contributed by atoms with Crippen LogP contribution in [0.1, 0.15) is 23.8 Å². The van der Waals surface area contributed by atoms with Crippen molar-refractivity contribution in [2.45, 2.75) is 19.0 Å². The molecule has 0 aliphatic carbocycles. The summed E-state index contributed by atoms with van der Waals surface area (Å²) in [6.07, 6.45) is 1.34. The smallest absolute Gasteiger partial charge is 0.315 e. The van der Waals surface area contributed by atoms with Gasteiger partial charge in [0.1, 0.15) is 5.76 Å². The summed E-state index contributed by atoms with van der Waals surface area (Å²) in [6, 6.07) is 11.4. The molecule has 1 heterocycles. The molecule has 0 aliphatic rings. The van der Waals surface area contributed by atoms with Crippen molar-refractivity contribution in [1.29, 1.82) is 0 Å². The minimum atomic E-state index is -0.977. The van der Waals surface area contributed by atoms with Gasteiger partial charge in [0.15, 0.2) is 0 Å². The molecule has 6 heteroatoms. The Morgan fingerprint density at radius 1 is 1.14 bits per heavy atom. The highest BCUT2D eigenvalue weighted by Crippen LogP contribution is 2.16. The third-order valence-electron chi connectivity index (χ3n) is 2.89. The van der Waals surface area contributed by atoms with Crippen molar-refractivity contribution >= 4 is 12.0 Å². The summed E-state index contributed by atoms with van der Waals surface area (Å²) in [6.45, 7) is 0.243. The van der Waals surface area contributed by atoms with E-state index in [9.17, 15) is 9.59 Å². The molecule has 3 N–H and O–H groups in total. The van der Waals surface area contributed by atoms with E-state index >= 15 is 0 Å². The molecule has 0 spiro atoms. The van der Waals surface area contributed by atoms with Crippen LogP contribution < -0.4 is 10.6 Å². The lowest BCUT2D eigenvalue weighted by atomic mass is 10.0.